The molecule has 23 heavy (non-hydrogen) atoms. The van der Waals surface area contributed by atoms with Gasteiger partial charge >= 0.3 is 0 Å². The van der Waals surface area contributed by atoms with Crippen LogP contribution in [0.2, 0.25) is 0 Å². The molecule has 0 aromatic heterocycles. The maximum Gasteiger partial charge on any atom is 0.223 e. The average molecular weight is 315 g/mol. The number of aliphatic hydroxyl groups excluding tert-OH is 1. The normalized spacial score (nSPS) is 34.2. The number of hydrogen-bond donors (Lipinski definition) is 1. The minimum Gasteiger partial charge on any atom is -0.391 e. The fraction of sp³-hybridized carbons (Fsp3) is 0.526. The molecule has 1 N–H and O–H groups in total. The van der Waals surface area contributed by atoms with E-state index in [-0.39, 0.29) is 23.9 Å². The third kappa shape index (κ3) is 2.40. The molecule has 5 unspecified atom stereocenters. The van der Waals surface area contributed by atoms with Gasteiger partial charge in [-0.2, -0.15) is 0 Å². The molecule has 5 rings (SSSR count). The molecule has 122 valence electrons. The van der Waals surface area contributed by atoms with Crippen LogP contribution in [0, 0.1) is 17.7 Å². The number of halogens is 1. The predicted molar refractivity (Wildman–Crippen MR) is 85.9 cm³/mol. The highest BCUT2D eigenvalue weighted by Gasteiger charge is 2.58. The lowest BCUT2D eigenvalue weighted by atomic mass is 9.84. The first-order chi connectivity index (χ1) is 11.0. The number of amides is 1. The molecular formula is C19H22FNO2. The summed E-state index contributed by atoms with van der Waals surface area (Å²) in [5.74, 6) is 0.861. The van der Waals surface area contributed by atoms with E-state index >= 15 is 0 Å². The maximum atomic E-state index is 13.0. The number of benzene rings is 1. The van der Waals surface area contributed by atoms with Crippen LogP contribution in [0.3, 0.4) is 0 Å². The highest BCUT2D eigenvalue weighted by atomic mass is 19.1. The van der Waals surface area contributed by atoms with E-state index in [1.165, 1.54) is 12.1 Å². The average Bonchev–Trinajstić information content (AvgIpc) is 3.03. The number of aliphatic hydroxyl groups is 1. The molecule has 2 saturated heterocycles. The zero-order valence-corrected chi connectivity index (χ0v) is 13.1. The third-order valence-electron chi connectivity index (χ3n) is 6.01. The fourth-order valence-corrected chi connectivity index (χ4v) is 4.89. The Labute approximate surface area is 135 Å². The molecule has 4 fully saturated rings. The van der Waals surface area contributed by atoms with Gasteiger partial charge in [0.25, 0.3) is 0 Å². The summed E-state index contributed by atoms with van der Waals surface area (Å²) in [6, 6.07) is 6.61. The summed E-state index contributed by atoms with van der Waals surface area (Å²) in [6.07, 6.45) is 3.65. The molecule has 4 bridgehead atoms. The van der Waals surface area contributed by atoms with E-state index in [0.29, 0.717) is 30.7 Å². The largest absolute Gasteiger partial charge is 0.391 e. The highest BCUT2D eigenvalue weighted by Crippen LogP contribution is 2.53. The van der Waals surface area contributed by atoms with E-state index < -0.39 is 0 Å². The van der Waals surface area contributed by atoms with Crippen LogP contribution in [0.1, 0.15) is 37.7 Å². The van der Waals surface area contributed by atoms with Gasteiger partial charge in [-0.15, -0.1) is 0 Å². The van der Waals surface area contributed by atoms with Gasteiger partial charge in [-0.25, -0.2) is 4.39 Å². The summed E-state index contributed by atoms with van der Waals surface area (Å²) < 4.78 is 13.0. The number of nitrogens with zero attached hydrogens (tertiary/aromatic N) is 1. The Bertz CT molecular complexity index is 641. The van der Waals surface area contributed by atoms with Gasteiger partial charge in [-0.1, -0.05) is 18.7 Å². The van der Waals surface area contributed by atoms with Crippen molar-refractivity contribution in [2.75, 3.05) is 0 Å². The minimum atomic E-state index is -0.339. The molecule has 4 heteroatoms. The monoisotopic (exact) mass is 315 g/mol. The first-order valence-electron chi connectivity index (χ1n) is 8.47. The van der Waals surface area contributed by atoms with Gasteiger partial charge in [0, 0.05) is 12.5 Å². The van der Waals surface area contributed by atoms with Crippen molar-refractivity contribution in [2.45, 2.75) is 50.3 Å². The Hall–Kier alpha value is -1.68. The summed E-state index contributed by atoms with van der Waals surface area (Å²) in [5, 5.41) is 10.4. The topological polar surface area (TPSA) is 40.5 Å². The smallest absolute Gasteiger partial charge is 0.223 e. The highest BCUT2D eigenvalue weighted by molar-refractivity contribution is 5.80. The molecule has 1 aromatic carbocycles. The molecule has 2 saturated carbocycles. The number of piperidine rings is 1. The molecule has 0 spiro atoms. The van der Waals surface area contributed by atoms with Crippen LogP contribution in [0.4, 0.5) is 4.39 Å². The van der Waals surface area contributed by atoms with Crippen LogP contribution in [0.15, 0.2) is 30.8 Å². The predicted octanol–water partition coefficient (Wildman–Crippen LogP) is 2.99. The van der Waals surface area contributed by atoms with Crippen molar-refractivity contribution >= 4 is 11.5 Å². The molecular weight excluding hydrogens is 293 g/mol. The van der Waals surface area contributed by atoms with E-state index in [1.807, 2.05) is 4.90 Å². The molecule has 0 radical (unpaired) electrons. The standard InChI is InChI=1S/C19H22FNO2/c1-11(12-3-5-15(20)6-4-12)2-7-18(22)21-16-10-14-8-13(16)9-17(21)19(14)23/h3-6,13-14,16-17,19,23H,1-2,7-10H2. The van der Waals surface area contributed by atoms with Gasteiger partial charge in [-0.05, 0) is 60.8 Å². The van der Waals surface area contributed by atoms with Crippen LogP contribution in [0.5, 0.6) is 0 Å². The number of carbonyl (C=O) groups is 1. The van der Waals surface area contributed by atoms with Gasteiger partial charge < -0.3 is 10.0 Å². The summed E-state index contributed by atoms with van der Waals surface area (Å²) >= 11 is 0. The van der Waals surface area contributed by atoms with E-state index in [1.54, 1.807) is 12.1 Å². The van der Waals surface area contributed by atoms with Crippen LogP contribution in [0.25, 0.3) is 5.57 Å². The molecule has 5 atom stereocenters. The molecule has 1 aromatic rings. The number of allylic oxidation sites excluding steroid dienone is 1. The summed E-state index contributed by atoms with van der Waals surface area (Å²) in [4.78, 5) is 14.6. The van der Waals surface area contributed by atoms with Crippen LogP contribution < -0.4 is 0 Å². The van der Waals surface area contributed by atoms with Crippen molar-refractivity contribution in [1.29, 1.82) is 0 Å². The lowest BCUT2D eigenvalue weighted by Crippen LogP contribution is -2.52. The lowest BCUT2D eigenvalue weighted by molar-refractivity contribution is -0.140. The lowest BCUT2D eigenvalue weighted by Gasteiger charge is -2.40. The molecule has 2 aliphatic carbocycles. The Morgan fingerprint density at radius 1 is 1.13 bits per heavy atom. The van der Waals surface area contributed by atoms with Crippen molar-refractivity contribution in [3.63, 3.8) is 0 Å². The Kier molecular flexibility index (Phi) is 3.52. The summed E-state index contributed by atoms with van der Waals surface area (Å²) in [6.45, 7) is 4.02. The molecule has 4 aliphatic rings. The summed E-state index contributed by atoms with van der Waals surface area (Å²) in [7, 11) is 0. The van der Waals surface area contributed by atoms with E-state index in [4.69, 9.17) is 0 Å². The van der Waals surface area contributed by atoms with E-state index in [2.05, 4.69) is 6.58 Å². The Morgan fingerprint density at radius 2 is 1.83 bits per heavy atom. The Morgan fingerprint density at radius 3 is 2.57 bits per heavy atom. The van der Waals surface area contributed by atoms with Crippen LogP contribution in [-0.2, 0) is 4.79 Å². The first kappa shape index (κ1) is 14.9. The van der Waals surface area contributed by atoms with Gasteiger partial charge in [0.1, 0.15) is 5.82 Å². The second-order valence-corrected chi connectivity index (χ2v) is 7.26. The Balaban J connectivity index is 1.39. The fourth-order valence-electron chi connectivity index (χ4n) is 4.89. The zero-order valence-electron chi connectivity index (χ0n) is 13.1. The first-order valence-corrected chi connectivity index (χ1v) is 8.47. The second kappa shape index (κ2) is 5.45. The van der Waals surface area contributed by atoms with Crippen molar-refractivity contribution in [3.8, 4) is 0 Å². The maximum absolute atomic E-state index is 13.0. The molecule has 3 nitrogen and oxygen atoms in total. The van der Waals surface area contributed by atoms with Crippen molar-refractivity contribution < 1.29 is 14.3 Å². The van der Waals surface area contributed by atoms with Gasteiger partial charge in [0.2, 0.25) is 5.91 Å². The molecule has 2 aliphatic heterocycles. The number of hydrogen-bond acceptors (Lipinski definition) is 2. The number of rotatable bonds is 4. The zero-order chi connectivity index (χ0) is 16.1. The number of carbonyl (C=O) groups excluding carboxylic acids is 1. The van der Waals surface area contributed by atoms with Crippen LogP contribution >= 0.6 is 0 Å². The molecule has 2 heterocycles. The van der Waals surface area contributed by atoms with Crippen molar-refractivity contribution in [1.82, 2.24) is 4.90 Å². The van der Waals surface area contributed by atoms with Crippen molar-refractivity contribution in [3.05, 3.63) is 42.2 Å². The SMILES string of the molecule is C=C(CCC(=O)N1C2CC3CC2CC1C3O)c1ccc(F)cc1. The molecule has 1 amide bonds. The quantitative estimate of drug-likeness (QED) is 0.928. The second-order valence-electron chi connectivity index (χ2n) is 7.26. The van der Waals surface area contributed by atoms with E-state index in [9.17, 15) is 14.3 Å². The van der Waals surface area contributed by atoms with Crippen molar-refractivity contribution in [2.24, 2.45) is 11.8 Å². The van der Waals surface area contributed by atoms with Gasteiger partial charge in [0.05, 0.1) is 12.1 Å². The van der Waals surface area contributed by atoms with Gasteiger partial charge in [-0.3, -0.25) is 4.79 Å². The summed E-state index contributed by atoms with van der Waals surface area (Å²) in [5.41, 5.74) is 1.73. The van der Waals surface area contributed by atoms with E-state index in [0.717, 1.165) is 30.4 Å². The third-order valence-corrected chi connectivity index (χ3v) is 6.01. The minimum absolute atomic E-state index is 0.0316. The van der Waals surface area contributed by atoms with Gasteiger partial charge in [0.15, 0.2) is 0 Å². The van der Waals surface area contributed by atoms with Crippen LogP contribution in [-0.4, -0.2) is 34.1 Å².